The standard InChI is InChI=1S/C21H11F5N2OS/c22-16-7-3-13(9-17(16)23)18-11-30-20(28-18)12-1-5-15(6-2-12)29-19-8-4-14(10-27-19)21(24,25)26/h1-11H. The average molecular weight is 434 g/mol. The van der Waals surface area contributed by atoms with Gasteiger partial charge in [-0.05, 0) is 48.5 Å². The molecule has 0 amide bonds. The number of benzene rings is 2. The summed E-state index contributed by atoms with van der Waals surface area (Å²) in [5, 5.41) is 2.40. The van der Waals surface area contributed by atoms with Crippen molar-refractivity contribution in [2.75, 3.05) is 0 Å². The minimum Gasteiger partial charge on any atom is -0.439 e. The Kier molecular flexibility index (Phi) is 5.21. The van der Waals surface area contributed by atoms with Crippen molar-refractivity contribution >= 4 is 11.3 Å². The number of alkyl halides is 3. The van der Waals surface area contributed by atoms with E-state index >= 15 is 0 Å². The number of rotatable bonds is 4. The van der Waals surface area contributed by atoms with Crippen LogP contribution in [-0.4, -0.2) is 9.97 Å². The fourth-order valence-corrected chi connectivity index (χ4v) is 3.42. The zero-order valence-corrected chi connectivity index (χ0v) is 15.8. The Morgan fingerprint density at radius 1 is 0.833 bits per heavy atom. The summed E-state index contributed by atoms with van der Waals surface area (Å²) in [6, 6.07) is 12.3. The van der Waals surface area contributed by atoms with Crippen molar-refractivity contribution in [3.8, 4) is 33.5 Å². The molecule has 2 heterocycles. The van der Waals surface area contributed by atoms with Gasteiger partial charge in [-0.2, -0.15) is 13.2 Å². The lowest BCUT2D eigenvalue weighted by atomic mass is 10.1. The lowest BCUT2D eigenvalue weighted by molar-refractivity contribution is -0.137. The Balaban J connectivity index is 1.49. The van der Waals surface area contributed by atoms with E-state index in [0.717, 1.165) is 29.8 Å². The largest absolute Gasteiger partial charge is 0.439 e. The summed E-state index contributed by atoms with van der Waals surface area (Å²) < 4.78 is 69.7. The lowest BCUT2D eigenvalue weighted by Gasteiger charge is -2.08. The molecule has 0 saturated carbocycles. The summed E-state index contributed by atoms with van der Waals surface area (Å²) in [4.78, 5) is 8.10. The Labute approximate surface area is 171 Å². The molecule has 4 rings (SSSR count). The fourth-order valence-electron chi connectivity index (χ4n) is 2.59. The van der Waals surface area contributed by atoms with Crippen molar-refractivity contribution in [3.63, 3.8) is 0 Å². The predicted octanol–water partition coefficient (Wildman–Crippen LogP) is 6.96. The van der Waals surface area contributed by atoms with Crippen molar-refractivity contribution < 1.29 is 26.7 Å². The van der Waals surface area contributed by atoms with Crippen LogP contribution in [0.1, 0.15) is 5.56 Å². The van der Waals surface area contributed by atoms with Gasteiger partial charge in [0.05, 0.1) is 11.3 Å². The van der Waals surface area contributed by atoms with Crippen molar-refractivity contribution in [3.05, 3.63) is 83.4 Å². The van der Waals surface area contributed by atoms with E-state index in [-0.39, 0.29) is 5.88 Å². The predicted molar refractivity (Wildman–Crippen MR) is 102 cm³/mol. The van der Waals surface area contributed by atoms with E-state index in [1.807, 2.05) is 0 Å². The second-order valence-corrected chi connectivity index (χ2v) is 7.03. The molecule has 2 aromatic carbocycles. The van der Waals surface area contributed by atoms with E-state index in [4.69, 9.17) is 4.74 Å². The molecule has 0 aliphatic carbocycles. The van der Waals surface area contributed by atoms with Crippen LogP contribution in [0.3, 0.4) is 0 Å². The van der Waals surface area contributed by atoms with E-state index in [1.54, 1.807) is 29.6 Å². The molecule has 0 fully saturated rings. The van der Waals surface area contributed by atoms with E-state index in [1.165, 1.54) is 17.4 Å². The van der Waals surface area contributed by atoms with Crippen LogP contribution in [0.25, 0.3) is 21.8 Å². The Bertz CT molecular complexity index is 1170. The van der Waals surface area contributed by atoms with Crippen LogP contribution in [0.2, 0.25) is 0 Å². The monoisotopic (exact) mass is 434 g/mol. The Morgan fingerprint density at radius 3 is 2.20 bits per heavy atom. The van der Waals surface area contributed by atoms with Crippen molar-refractivity contribution in [2.24, 2.45) is 0 Å². The van der Waals surface area contributed by atoms with Gasteiger partial charge in [0.15, 0.2) is 11.6 Å². The minimum atomic E-state index is -4.46. The van der Waals surface area contributed by atoms with Crippen molar-refractivity contribution in [1.82, 2.24) is 9.97 Å². The summed E-state index contributed by atoms with van der Waals surface area (Å²) in [6.07, 6.45) is -3.75. The lowest BCUT2D eigenvalue weighted by Crippen LogP contribution is -2.05. The smallest absolute Gasteiger partial charge is 0.417 e. The van der Waals surface area contributed by atoms with Crippen LogP contribution in [0.4, 0.5) is 22.0 Å². The van der Waals surface area contributed by atoms with Crippen LogP contribution in [0.15, 0.2) is 66.2 Å². The van der Waals surface area contributed by atoms with Gasteiger partial charge >= 0.3 is 6.18 Å². The number of nitrogens with zero attached hydrogens (tertiary/aromatic N) is 2. The number of ether oxygens (including phenoxy) is 1. The third-order valence-electron chi connectivity index (χ3n) is 4.11. The molecular weight excluding hydrogens is 423 g/mol. The third kappa shape index (κ3) is 4.30. The first kappa shape index (κ1) is 20.0. The van der Waals surface area contributed by atoms with Crippen LogP contribution >= 0.6 is 11.3 Å². The molecule has 2 aromatic heterocycles. The van der Waals surface area contributed by atoms with Gasteiger partial charge in [0.1, 0.15) is 10.8 Å². The van der Waals surface area contributed by atoms with Gasteiger partial charge in [0.2, 0.25) is 5.88 Å². The average Bonchev–Trinajstić information content (AvgIpc) is 3.21. The molecule has 0 unspecified atom stereocenters. The molecule has 0 spiro atoms. The van der Waals surface area contributed by atoms with Gasteiger partial charge in [0, 0.05) is 28.8 Å². The molecule has 30 heavy (non-hydrogen) atoms. The van der Waals surface area contributed by atoms with Crippen LogP contribution < -0.4 is 4.74 Å². The normalized spacial score (nSPS) is 11.5. The number of halogens is 5. The molecule has 9 heteroatoms. The number of hydrogen-bond acceptors (Lipinski definition) is 4. The first-order valence-corrected chi connectivity index (χ1v) is 9.40. The number of aromatic nitrogens is 2. The number of pyridine rings is 1. The molecule has 0 aliphatic heterocycles. The maximum Gasteiger partial charge on any atom is 0.417 e. The highest BCUT2D eigenvalue weighted by atomic mass is 32.1. The van der Waals surface area contributed by atoms with Gasteiger partial charge in [-0.1, -0.05) is 0 Å². The molecule has 0 radical (unpaired) electrons. The highest BCUT2D eigenvalue weighted by molar-refractivity contribution is 7.13. The zero-order valence-electron chi connectivity index (χ0n) is 15.0. The van der Waals surface area contributed by atoms with Gasteiger partial charge in [-0.15, -0.1) is 11.3 Å². The first-order valence-electron chi connectivity index (χ1n) is 8.52. The zero-order chi connectivity index (χ0) is 21.3. The maximum atomic E-state index is 13.4. The molecular formula is C21H11F5N2OS. The molecule has 0 bridgehead atoms. The molecule has 0 N–H and O–H groups in total. The third-order valence-corrected chi connectivity index (χ3v) is 5.00. The second-order valence-electron chi connectivity index (χ2n) is 6.18. The maximum absolute atomic E-state index is 13.4. The molecule has 152 valence electrons. The van der Waals surface area contributed by atoms with E-state index < -0.39 is 23.4 Å². The molecule has 4 aromatic rings. The van der Waals surface area contributed by atoms with E-state index in [9.17, 15) is 22.0 Å². The number of thiazole rings is 1. The second kappa shape index (κ2) is 7.83. The quantitative estimate of drug-likeness (QED) is 0.326. The molecule has 0 atom stereocenters. The molecule has 0 aliphatic rings. The summed E-state index contributed by atoms with van der Waals surface area (Å²) in [6.45, 7) is 0. The Morgan fingerprint density at radius 2 is 1.57 bits per heavy atom. The highest BCUT2D eigenvalue weighted by Crippen LogP contribution is 2.32. The number of hydrogen-bond donors (Lipinski definition) is 0. The SMILES string of the molecule is Fc1ccc(-c2csc(-c3ccc(Oc4ccc(C(F)(F)F)cn4)cc3)n2)cc1F. The van der Waals surface area contributed by atoms with Gasteiger partial charge < -0.3 is 4.74 Å². The summed E-state index contributed by atoms with van der Waals surface area (Å²) in [5.41, 5.74) is 0.889. The van der Waals surface area contributed by atoms with Gasteiger partial charge in [-0.25, -0.2) is 18.7 Å². The van der Waals surface area contributed by atoms with Gasteiger partial charge in [-0.3, -0.25) is 0 Å². The fraction of sp³-hybridized carbons (Fsp3) is 0.0476. The van der Waals surface area contributed by atoms with Crippen LogP contribution in [0.5, 0.6) is 11.6 Å². The molecule has 3 nitrogen and oxygen atoms in total. The van der Waals surface area contributed by atoms with E-state index in [0.29, 0.717) is 28.2 Å². The summed E-state index contributed by atoms with van der Waals surface area (Å²) in [7, 11) is 0. The first-order chi connectivity index (χ1) is 14.3. The molecule has 0 saturated heterocycles. The minimum absolute atomic E-state index is 0.0330. The highest BCUT2D eigenvalue weighted by Gasteiger charge is 2.30. The van der Waals surface area contributed by atoms with E-state index in [2.05, 4.69) is 9.97 Å². The van der Waals surface area contributed by atoms with Crippen molar-refractivity contribution in [2.45, 2.75) is 6.18 Å². The Hall–Kier alpha value is -3.33. The van der Waals surface area contributed by atoms with Crippen LogP contribution in [0, 0.1) is 11.6 Å². The summed E-state index contributed by atoms with van der Waals surface area (Å²) in [5.74, 6) is -1.44. The van der Waals surface area contributed by atoms with Gasteiger partial charge in [0.25, 0.3) is 0 Å². The van der Waals surface area contributed by atoms with Crippen molar-refractivity contribution in [1.29, 1.82) is 0 Å². The summed E-state index contributed by atoms with van der Waals surface area (Å²) >= 11 is 1.33. The topological polar surface area (TPSA) is 35.0 Å². The van der Waals surface area contributed by atoms with Crippen LogP contribution in [-0.2, 0) is 6.18 Å².